The van der Waals surface area contributed by atoms with Crippen molar-refractivity contribution in [2.75, 3.05) is 0 Å². The number of nitrogens with zero attached hydrogens (tertiary/aromatic N) is 1. The van der Waals surface area contributed by atoms with Gasteiger partial charge in [-0.15, -0.1) is 0 Å². The number of rotatable bonds is 4. The maximum atomic E-state index is 10.4. The lowest BCUT2D eigenvalue weighted by molar-refractivity contribution is -0.117. The minimum Gasteiger partial charge on any atom is -0.402 e. The molecule has 0 fully saturated rings. The molecule has 0 aliphatic rings. The molecule has 0 aromatic rings. The van der Waals surface area contributed by atoms with E-state index in [0.717, 1.165) is 12.1 Å². The second-order valence-corrected chi connectivity index (χ2v) is 2.90. The summed E-state index contributed by atoms with van der Waals surface area (Å²) in [6, 6.07) is 0.185. The number of nitrogens with two attached hydrogens (primary N) is 1. The lowest BCUT2D eigenvalue weighted by Crippen LogP contribution is -2.23. The SMILES string of the molecule is C/C(N)=C\C=C/N(C=O)C(C)C. The van der Waals surface area contributed by atoms with Crippen LogP contribution in [-0.4, -0.2) is 17.4 Å². The van der Waals surface area contributed by atoms with Crippen molar-refractivity contribution in [2.24, 2.45) is 5.73 Å². The Balaban J connectivity index is 4.11. The molecule has 2 N–H and O–H groups in total. The van der Waals surface area contributed by atoms with E-state index in [9.17, 15) is 4.79 Å². The fourth-order valence-corrected chi connectivity index (χ4v) is 0.623. The molecule has 0 bridgehead atoms. The van der Waals surface area contributed by atoms with Gasteiger partial charge in [0.25, 0.3) is 0 Å². The number of amides is 1. The molecule has 0 heterocycles. The topological polar surface area (TPSA) is 46.3 Å². The van der Waals surface area contributed by atoms with Crippen molar-refractivity contribution in [3.63, 3.8) is 0 Å². The van der Waals surface area contributed by atoms with Gasteiger partial charge in [-0.1, -0.05) is 0 Å². The van der Waals surface area contributed by atoms with Crippen LogP contribution in [0.3, 0.4) is 0 Å². The van der Waals surface area contributed by atoms with Gasteiger partial charge in [0.1, 0.15) is 0 Å². The minimum absolute atomic E-state index is 0.185. The molecular weight excluding hydrogens is 152 g/mol. The van der Waals surface area contributed by atoms with Crippen LogP contribution in [0.1, 0.15) is 20.8 Å². The van der Waals surface area contributed by atoms with Crippen molar-refractivity contribution in [1.82, 2.24) is 4.90 Å². The number of hydrogen-bond acceptors (Lipinski definition) is 2. The highest BCUT2D eigenvalue weighted by molar-refractivity contribution is 5.49. The van der Waals surface area contributed by atoms with Crippen molar-refractivity contribution >= 4 is 6.41 Å². The Morgan fingerprint density at radius 2 is 2.08 bits per heavy atom. The van der Waals surface area contributed by atoms with E-state index in [1.54, 1.807) is 30.2 Å². The molecule has 0 unspecified atom stereocenters. The maximum absolute atomic E-state index is 10.4. The van der Waals surface area contributed by atoms with Crippen LogP contribution in [0.2, 0.25) is 0 Å². The van der Waals surface area contributed by atoms with E-state index in [4.69, 9.17) is 5.73 Å². The van der Waals surface area contributed by atoms with Crippen LogP contribution in [-0.2, 0) is 4.79 Å². The molecule has 68 valence electrons. The third-order valence-electron chi connectivity index (χ3n) is 1.34. The molecule has 1 amide bonds. The van der Waals surface area contributed by atoms with Crippen LogP contribution in [0.15, 0.2) is 24.0 Å². The monoisotopic (exact) mass is 168 g/mol. The van der Waals surface area contributed by atoms with E-state index in [1.165, 1.54) is 0 Å². The normalized spacial score (nSPS) is 12.5. The Hall–Kier alpha value is -1.25. The summed E-state index contributed by atoms with van der Waals surface area (Å²) in [6.07, 6.45) is 6.00. The smallest absolute Gasteiger partial charge is 0.213 e. The van der Waals surface area contributed by atoms with E-state index in [1.807, 2.05) is 13.8 Å². The fraction of sp³-hybridized carbons (Fsp3) is 0.444. The predicted octanol–water partition coefficient (Wildman–Crippen LogP) is 1.23. The van der Waals surface area contributed by atoms with Crippen molar-refractivity contribution in [3.8, 4) is 0 Å². The standard InChI is InChI=1S/C9H16N2O/c1-8(2)11(7-12)6-4-5-9(3)10/h4-8H,10H2,1-3H3/b6-4-,9-5+. The number of carbonyl (C=O) groups excluding carboxylic acids is 1. The minimum atomic E-state index is 0.185. The average Bonchev–Trinajstić information content (AvgIpc) is 1.96. The van der Waals surface area contributed by atoms with Crippen LogP contribution >= 0.6 is 0 Å². The highest BCUT2D eigenvalue weighted by atomic mass is 16.1. The summed E-state index contributed by atoms with van der Waals surface area (Å²) in [5.41, 5.74) is 6.12. The third kappa shape index (κ3) is 4.55. The van der Waals surface area contributed by atoms with Gasteiger partial charge in [-0.2, -0.15) is 0 Å². The van der Waals surface area contributed by atoms with Crippen LogP contribution in [0.4, 0.5) is 0 Å². The molecular formula is C9H16N2O. The van der Waals surface area contributed by atoms with Crippen LogP contribution in [0.5, 0.6) is 0 Å². The summed E-state index contributed by atoms with van der Waals surface area (Å²) < 4.78 is 0. The molecule has 0 aliphatic carbocycles. The Kier molecular flexibility index (Phi) is 4.84. The molecule has 0 aromatic carbocycles. The molecule has 0 saturated carbocycles. The highest BCUT2D eigenvalue weighted by Crippen LogP contribution is 1.95. The van der Waals surface area contributed by atoms with E-state index in [-0.39, 0.29) is 6.04 Å². The average molecular weight is 168 g/mol. The lowest BCUT2D eigenvalue weighted by Gasteiger charge is -2.15. The van der Waals surface area contributed by atoms with Gasteiger partial charge in [0.2, 0.25) is 6.41 Å². The largest absolute Gasteiger partial charge is 0.402 e. The molecule has 0 rings (SSSR count). The van der Waals surface area contributed by atoms with Gasteiger partial charge in [0.15, 0.2) is 0 Å². The Bertz CT molecular complexity index is 191. The van der Waals surface area contributed by atoms with Crippen molar-refractivity contribution < 1.29 is 4.79 Å². The highest BCUT2D eigenvalue weighted by Gasteiger charge is 1.99. The molecule has 12 heavy (non-hydrogen) atoms. The van der Waals surface area contributed by atoms with E-state index < -0.39 is 0 Å². The first kappa shape index (κ1) is 10.8. The van der Waals surface area contributed by atoms with E-state index in [2.05, 4.69) is 0 Å². The van der Waals surface area contributed by atoms with Gasteiger partial charge in [-0.05, 0) is 32.9 Å². The van der Waals surface area contributed by atoms with Gasteiger partial charge >= 0.3 is 0 Å². The third-order valence-corrected chi connectivity index (χ3v) is 1.34. The molecule has 0 saturated heterocycles. The van der Waals surface area contributed by atoms with Crippen molar-refractivity contribution in [2.45, 2.75) is 26.8 Å². The van der Waals surface area contributed by atoms with Gasteiger partial charge in [-0.3, -0.25) is 4.79 Å². The molecule has 3 heteroatoms. The second kappa shape index (κ2) is 5.41. The van der Waals surface area contributed by atoms with E-state index >= 15 is 0 Å². The van der Waals surface area contributed by atoms with Gasteiger partial charge < -0.3 is 10.6 Å². The summed E-state index contributed by atoms with van der Waals surface area (Å²) in [5, 5.41) is 0. The second-order valence-electron chi connectivity index (χ2n) is 2.90. The Morgan fingerprint density at radius 1 is 1.50 bits per heavy atom. The predicted molar refractivity (Wildman–Crippen MR) is 50.1 cm³/mol. The zero-order valence-electron chi connectivity index (χ0n) is 7.82. The Morgan fingerprint density at radius 3 is 2.42 bits per heavy atom. The zero-order valence-corrected chi connectivity index (χ0v) is 7.82. The quantitative estimate of drug-likeness (QED) is 0.507. The number of carbonyl (C=O) groups is 1. The first-order valence-corrected chi connectivity index (χ1v) is 3.91. The molecule has 0 aliphatic heterocycles. The summed E-state index contributed by atoms with van der Waals surface area (Å²) >= 11 is 0. The Labute approximate surface area is 73.5 Å². The summed E-state index contributed by atoms with van der Waals surface area (Å²) in [6.45, 7) is 5.68. The first-order chi connectivity index (χ1) is 5.57. The molecule has 0 spiro atoms. The van der Waals surface area contributed by atoms with Crippen LogP contribution < -0.4 is 5.73 Å². The fourth-order valence-electron chi connectivity index (χ4n) is 0.623. The number of allylic oxidation sites excluding steroid dienone is 3. The molecule has 3 nitrogen and oxygen atoms in total. The van der Waals surface area contributed by atoms with Crippen LogP contribution in [0.25, 0.3) is 0 Å². The maximum Gasteiger partial charge on any atom is 0.213 e. The summed E-state index contributed by atoms with van der Waals surface area (Å²) in [5.74, 6) is 0. The van der Waals surface area contributed by atoms with Crippen LogP contribution in [0, 0.1) is 0 Å². The summed E-state index contributed by atoms with van der Waals surface area (Å²) in [4.78, 5) is 12.0. The van der Waals surface area contributed by atoms with Gasteiger partial charge in [0, 0.05) is 17.9 Å². The van der Waals surface area contributed by atoms with Gasteiger partial charge in [0.05, 0.1) is 0 Å². The molecule has 0 radical (unpaired) electrons. The van der Waals surface area contributed by atoms with E-state index in [0.29, 0.717) is 0 Å². The number of hydrogen-bond donors (Lipinski definition) is 1. The molecule has 0 aromatic heterocycles. The molecule has 0 atom stereocenters. The van der Waals surface area contributed by atoms with Crippen molar-refractivity contribution in [1.29, 1.82) is 0 Å². The van der Waals surface area contributed by atoms with Crippen molar-refractivity contribution in [3.05, 3.63) is 24.0 Å². The lowest BCUT2D eigenvalue weighted by atomic mass is 10.3. The summed E-state index contributed by atoms with van der Waals surface area (Å²) in [7, 11) is 0. The van der Waals surface area contributed by atoms with Gasteiger partial charge in [-0.25, -0.2) is 0 Å². The zero-order chi connectivity index (χ0) is 9.56. The first-order valence-electron chi connectivity index (χ1n) is 3.91.